The van der Waals surface area contributed by atoms with E-state index in [0.29, 0.717) is 42.8 Å². The van der Waals surface area contributed by atoms with Gasteiger partial charge in [0.05, 0.1) is 26.7 Å². The molecule has 0 saturated carbocycles. The largest absolute Gasteiger partial charge is 0.497 e. The van der Waals surface area contributed by atoms with Crippen LogP contribution in [0.15, 0.2) is 97.5 Å². The lowest BCUT2D eigenvalue weighted by Gasteiger charge is -2.34. The molecule has 14 heteroatoms. The summed E-state index contributed by atoms with van der Waals surface area (Å²) in [6.45, 7) is 8.90. The third-order valence-electron chi connectivity index (χ3n) is 9.45. The van der Waals surface area contributed by atoms with Crippen molar-refractivity contribution in [2.45, 2.75) is 77.3 Å². The second-order valence-electron chi connectivity index (χ2n) is 15.5. The van der Waals surface area contributed by atoms with Gasteiger partial charge in [0.15, 0.2) is 11.6 Å². The molecule has 1 aliphatic heterocycles. The number of aromatic nitrogens is 2. The number of benzene rings is 3. The molecular formula is C43H52N6O8. The van der Waals surface area contributed by atoms with Gasteiger partial charge in [-0.25, -0.2) is 9.78 Å². The summed E-state index contributed by atoms with van der Waals surface area (Å²) in [5.41, 5.74) is -0.0380. The number of imidazole rings is 1. The highest BCUT2D eigenvalue weighted by Gasteiger charge is 2.36. The SMILES string of the molecule is COc1ccc(C(=O)C2CCN(C(=O)C(c3ccccc3)n3cnc(NC(=O)[C@@H](COCc4ccccc4)NC(=O)C(C)(C)NC(=O)OC(C)(C)C)c3)CC2)cc1. The molecule has 5 rings (SSSR count). The Morgan fingerprint density at radius 3 is 2.11 bits per heavy atom. The number of likely N-dealkylation sites (tertiary alicyclic amines) is 1. The van der Waals surface area contributed by atoms with E-state index >= 15 is 0 Å². The molecule has 0 aliphatic carbocycles. The first-order valence-corrected chi connectivity index (χ1v) is 18.9. The lowest BCUT2D eigenvalue weighted by Crippen LogP contribution is -2.59. The number of nitrogens with one attached hydrogen (secondary N) is 3. The standard InChI is InChI=1S/C43H52N6O8/c1-42(2,3)57-41(54)47-43(4,5)40(53)45-34(27-56-26-29-13-9-7-10-14-29)38(51)46-35-25-49(28-44-35)36(30-15-11-8-12-16-30)39(52)48-23-21-32(22-24-48)37(50)31-17-19-33(55-6)20-18-31/h7-20,25,28,32,34,36H,21-24,26-27H2,1-6H3,(H,45,53)(H,46,51)(H,47,54)/t34-,36?/m1/s1. The summed E-state index contributed by atoms with van der Waals surface area (Å²) < 4.78 is 18.0. The topological polar surface area (TPSA) is 170 Å². The van der Waals surface area contributed by atoms with Gasteiger partial charge in [-0.15, -0.1) is 0 Å². The van der Waals surface area contributed by atoms with Gasteiger partial charge in [0, 0.05) is 30.8 Å². The fourth-order valence-electron chi connectivity index (χ4n) is 6.37. The summed E-state index contributed by atoms with van der Waals surface area (Å²) in [4.78, 5) is 73.5. The van der Waals surface area contributed by atoms with Crippen LogP contribution in [-0.2, 0) is 30.5 Å². The minimum absolute atomic E-state index is 0.0437. The van der Waals surface area contributed by atoms with E-state index in [4.69, 9.17) is 14.2 Å². The van der Waals surface area contributed by atoms with Crippen molar-refractivity contribution >= 4 is 35.4 Å². The van der Waals surface area contributed by atoms with Crippen LogP contribution >= 0.6 is 0 Å². The van der Waals surface area contributed by atoms with Crippen LogP contribution in [0, 0.1) is 5.92 Å². The zero-order valence-electron chi connectivity index (χ0n) is 33.3. The van der Waals surface area contributed by atoms with E-state index < -0.39 is 41.1 Å². The summed E-state index contributed by atoms with van der Waals surface area (Å²) in [6, 6.07) is 23.7. The molecule has 1 saturated heterocycles. The number of ether oxygens (including phenoxy) is 3. The number of methoxy groups -OCH3 is 1. The van der Waals surface area contributed by atoms with Crippen LogP contribution in [0.2, 0.25) is 0 Å². The summed E-state index contributed by atoms with van der Waals surface area (Å²) in [5, 5.41) is 8.02. The monoisotopic (exact) mass is 780 g/mol. The van der Waals surface area contributed by atoms with Crippen molar-refractivity contribution < 1.29 is 38.2 Å². The molecule has 0 bridgehead atoms. The number of nitrogens with zero attached hydrogens (tertiary/aromatic N) is 3. The van der Waals surface area contributed by atoms with Crippen molar-refractivity contribution in [1.29, 1.82) is 0 Å². The van der Waals surface area contributed by atoms with Gasteiger partial charge < -0.3 is 39.6 Å². The first kappa shape index (κ1) is 42.1. The smallest absolute Gasteiger partial charge is 0.408 e. The van der Waals surface area contributed by atoms with E-state index in [9.17, 15) is 24.0 Å². The second-order valence-corrected chi connectivity index (χ2v) is 15.5. The quantitative estimate of drug-likeness (QED) is 0.131. The Labute approximate surface area is 333 Å². The molecule has 4 aromatic rings. The number of piperidine rings is 1. The predicted molar refractivity (Wildman–Crippen MR) is 214 cm³/mol. The van der Waals surface area contributed by atoms with Gasteiger partial charge in [0.2, 0.25) is 11.8 Å². The zero-order chi connectivity index (χ0) is 41.2. The average Bonchev–Trinajstić information content (AvgIpc) is 3.64. The summed E-state index contributed by atoms with van der Waals surface area (Å²) in [5.74, 6) is -0.794. The number of rotatable bonds is 15. The Kier molecular flexibility index (Phi) is 13.9. The highest BCUT2D eigenvalue weighted by molar-refractivity contribution is 5.99. The fourth-order valence-corrected chi connectivity index (χ4v) is 6.37. The third kappa shape index (κ3) is 11.7. The van der Waals surface area contributed by atoms with Crippen LogP contribution in [-0.4, -0.2) is 88.0 Å². The van der Waals surface area contributed by atoms with Crippen LogP contribution < -0.4 is 20.7 Å². The molecule has 302 valence electrons. The van der Waals surface area contributed by atoms with Crippen molar-refractivity contribution in [3.05, 3.63) is 114 Å². The van der Waals surface area contributed by atoms with E-state index in [1.165, 1.54) is 20.2 Å². The third-order valence-corrected chi connectivity index (χ3v) is 9.45. The van der Waals surface area contributed by atoms with Crippen LogP contribution in [0.1, 0.15) is 75.0 Å². The number of ketones is 1. The molecule has 1 fully saturated rings. The maximum absolute atomic E-state index is 14.2. The van der Waals surface area contributed by atoms with Crippen molar-refractivity contribution in [2.24, 2.45) is 5.92 Å². The Hall–Kier alpha value is -6.02. The molecule has 2 heterocycles. The van der Waals surface area contributed by atoms with Gasteiger partial charge in [-0.2, -0.15) is 0 Å². The minimum Gasteiger partial charge on any atom is -0.497 e. The van der Waals surface area contributed by atoms with Crippen molar-refractivity contribution in [2.75, 3.05) is 32.1 Å². The van der Waals surface area contributed by atoms with Gasteiger partial charge >= 0.3 is 6.09 Å². The molecule has 1 aliphatic rings. The average molecular weight is 781 g/mol. The Morgan fingerprint density at radius 2 is 1.49 bits per heavy atom. The second kappa shape index (κ2) is 18.7. The van der Waals surface area contributed by atoms with Gasteiger partial charge in [0.1, 0.15) is 29.0 Å². The first-order chi connectivity index (χ1) is 27.1. The molecule has 57 heavy (non-hydrogen) atoms. The highest BCUT2D eigenvalue weighted by atomic mass is 16.6. The van der Waals surface area contributed by atoms with Crippen molar-refractivity contribution in [3.63, 3.8) is 0 Å². The predicted octanol–water partition coefficient (Wildman–Crippen LogP) is 5.55. The number of hydrogen-bond donors (Lipinski definition) is 3. The molecule has 0 radical (unpaired) electrons. The van der Waals surface area contributed by atoms with E-state index in [1.54, 1.807) is 67.8 Å². The summed E-state index contributed by atoms with van der Waals surface area (Å²) in [7, 11) is 1.58. The summed E-state index contributed by atoms with van der Waals surface area (Å²) >= 11 is 0. The maximum Gasteiger partial charge on any atom is 0.408 e. The van der Waals surface area contributed by atoms with E-state index in [0.717, 1.165) is 5.56 Å². The lowest BCUT2D eigenvalue weighted by atomic mass is 9.88. The van der Waals surface area contributed by atoms with Gasteiger partial charge in [-0.3, -0.25) is 19.2 Å². The van der Waals surface area contributed by atoms with Gasteiger partial charge in [-0.05, 0) is 82.9 Å². The molecule has 1 unspecified atom stereocenters. The molecule has 0 spiro atoms. The van der Waals surface area contributed by atoms with Gasteiger partial charge in [-0.1, -0.05) is 60.7 Å². The van der Waals surface area contributed by atoms with Crippen molar-refractivity contribution in [3.8, 4) is 5.75 Å². The number of amides is 4. The lowest BCUT2D eigenvalue weighted by molar-refractivity contribution is -0.134. The number of anilines is 1. The van der Waals surface area contributed by atoms with E-state index in [2.05, 4.69) is 20.9 Å². The van der Waals surface area contributed by atoms with Gasteiger partial charge in [0.25, 0.3) is 5.91 Å². The molecule has 2 atom stereocenters. The molecule has 4 amide bonds. The first-order valence-electron chi connectivity index (χ1n) is 18.9. The minimum atomic E-state index is -1.46. The maximum atomic E-state index is 14.2. The van der Waals surface area contributed by atoms with Crippen LogP contribution in [0.4, 0.5) is 10.6 Å². The molecule has 3 N–H and O–H groups in total. The highest BCUT2D eigenvalue weighted by Crippen LogP contribution is 2.28. The fraction of sp³-hybridized carbons (Fsp3) is 0.395. The van der Waals surface area contributed by atoms with E-state index in [1.807, 2.05) is 60.7 Å². The van der Waals surface area contributed by atoms with Crippen LogP contribution in [0.25, 0.3) is 0 Å². The van der Waals surface area contributed by atoms with Crippen LogP contribution in [0.5, 0.6) is 5.75 Å². The Morgan fingerprint density at radius 1 is 0.860 bits per heavy atom. The molecule has 14 nitrogen and oxygen atoms in total. The number of carbonyl (C=O) groups is 5. The Balaban J connectivity index is 1.28. The zero-order valence-corrected chi connectivity index (χ0v) is 33.3. The molecule has 1 aromatic heterocycles. The summed E-state index contributed by atoms with van der Waals surface area (Å²) in [6.07, 6.45) is 3.28. The molecular weight excluding hydrogens is 729 g/mol. The van der Waals surface area contributed by atoms with E-state index in [-0.39, 0.29) is 36.6 Å². The number of alkyl carbamates (subject to hydrolysis) is 1. The number of hydrogen-bond acceptors (Lipinski definition) is 9. The van der Waals surface area contributed by atoms with Crippen molar-refractivity contribution in [1.82, 2.24) is 25.1 Å². The number of carbonyl (C=O) groups excluding carboxylic acids is 5. The van der Waals surface area contributed by atoms with Crippen LogP contribution in [0.3, 0.4) is 0 Å². The molecule has 3 aromatic carbocycles. The Bertz CT molecular complexity index is 1980. The number of Topliss-reactive ketones (excluding diaryl/α,β-unsaturated/α-hetero) is 1. The normalized spacial score (nSPS) is 14.5.